The summed E-state index contributed by atoms with van der Waals surface area (Å²) in [5.74, 6) is -4.90. The van der Waals surface area contributed by atoms with E-state index in [0.717, 1.165) is 30.4 Å². The van der Waals surface area contributed by atoms with Crippen molar-refractivity contribution in [3.8, 4) is 62.9 Å². The Hall–Kier alpha value is -7.41. The van der Waals surface area contributed by atoms with Gasteiger partial charge in [0, 0.05) is 23.8 Å². The second-order valence-corrected chi connectivity index (χ2v) is 17.8. The molecule has 412 valence electrons. The largest absolute Gasteiger partial charge is 0.510 e. The highest BCUT2D eigenvalue weighted by Gasteiger charge is 2.53. The summed E-state index contributed by atoms with van der Waals surface area (Å²) in [6.45, 7) is -2.35. The quantitative estimate of drug-likeness (QED) is 0.0234. The predicted molar refractivity (Wildman–Crippen MR) is 257 cm³/mol. The number of hydrogen-bond donors (Lipinski definition) is 14. The smallest absolute Gasteiger partial charge is 0.508 e. The van der Waals surface area contributed by atoms with Gasteiger partial charge in [-0.2, -0.15) is 0 Å². The molecule has 3 aromatic rings. The number of benzene rings is 4. The van der Waals surface area contributed by atoms with Crippen molar-refractivity contribution >= 4 is 24.1 Å². The summed E-state index contributed by atoms with van der Waals surface area (Å²) < 4.78 is 52.6. The Morgan fingerprint density at radius 3 is 1.73 bits per heavy atom. The zero-order chi connectivity index (χ0) is 55.4. The maximum Gasteiger partial charge on any atom is 0.510 e. The summed E-state index contributed by atoms with van der Waals surface area (Å²) in [7, 11) is 0. The molecule has 0 aromatic heterocycles. The van der Waals surface area contributed by atoms with Crippen LogP contribution in [0.25, 0.3) is 34.8 Å². The van der Waals surface area contributed by atoms with E-state index in [0.29, 0.717) is 5.56 Å². The van der Waals surface area contributed by atoms with E-state index in [4.69, 9.17) is 42.3 Å². The second-order valence-electron chi connectivity index (χ2n) is 17.8. The molecule has 4 heterocycles. The van der Waals surface area contributed by atoms with Crippen molar-refractivity contribution in [1.82, 2.24) is 0 Å². The van der Waals surface area contributed by atoms with Crippen molar-refractivity contribution in [1.29, 1.82) is 0 Å². The van der Waals surface area contributed by atoms with Crippen molar-refractivity contribution < 1.29 is 123 Å². The van der Waals surface area contributed by atoms with Gasteiger partial charge in [0.2, 0.25) is 19.2 Å². The van der Waals surface area contributed by atoms with Gasteiger partial charge >= 0.3 is 11.9 Å². The fourth-order valence-corrected chi connectivity index (χ4v) is 8.23. The lowest BCUT2D eigenvalue weighted by atomic mass is 9.97. The number of phenols is 5. The number of esters is 2. The first-order valence-corrected chi connectivity index (χ1v) is 23.4. The first-order chi connectivity index (χ1) is 36.7. The minimum atomic E-state index is -2.15. The van der Waals surface area contributed by atoms with Crippen molar-refractivity contribution in [3.63, 3.8) is 0 Å². The summed E-state index contributed by atoms with van der Waals surface area (Å²) in [6, 6.07) is 15.9. The van der Waals surface area contributed by atoms with Gasteiger partial charge < -0.3 is 119 Å². The fraction of sp³-hybridized carbons (Fsp3) is 0.353. The summed E-state index contributed by atoms with van der Waals surface area (Å²) in [5.41, 5.74) is -0.0924. The molecule has 15 N–H and O–H groups in total. The minimum Gasteiger partial charge on any atom is -0.508 e. The Bertz CT molecular complexity index is 2960. The number of rotatable bonds is 16. The molecular weight excluding hydrogens is 1030 g/mol. The topological polar surface area (TPSA) is 426 Å². The standard InChI is InChI=1S/C51H52O26/c52-18-34-39(61)42(64)45(67)49(74-34)72-32-16-25(54)15-31-26(32)17-33(47(71-31)23-5-7-24(53)8-6-23)73-51-48(44(66)41(63)36(76-51)20-70-38(60)12-4-22-2-10-28(56)30(58)14-22)77-50-46(68)43(65)40(62)35(75-50)19-69-37(59)11-3-21-1-9-27(55)29(57)13-21/h1-17,34-36,39-46,48-53,55-58,61-68H,18-20H2/p+1/t34-,35-,36-,39+,40+,41+,42-,43-,44-,45+,46+,48-,49+,50-,51+/m0/s1. The number of carbonyl (C=O) groups is 1. The SMILES string of the molecule is O=C(C=Cc1ccc(O)c(O)c1)OC[C@@H]1O[C@@H](Oc2cc3c(O[C@@H]4O[C@@H](CO)[C@@H](O)[C@H](O)[C@H]4O)cc(=O)cc-3oc2-c2ccc(O)cc2)[C@@H](O[C@@H]2O[C@@H](COC(=[OH+])C=Cc3ccc(O)c(O)c3)[C@@H](O)[C@H](O)[C@H]2O)[C@@H](O)[C@@H]1O. The number of carbonyl (C=O) groups excluding carboxylic acids is 2. The van der Waals surface area contributed by atoms with Crippen LogP contribution in [0.4, 0.5) is 0 Å². The molecule has 4 aliphatic heterocycles. The highest BCUT2D eigenvalue weighted by molar-refractivity contribution is 5.88. The molecule has 26 nitrogen and oxygen atoms in total. The molecule has 0 saturated carbocycles. The van der Waals surface area contributed by atoms with Crippen LogP contribution >= 0.6 is 0 Å². The van der Waals surface area contributed by atoms with Crippen LogP contribution in [-0.4, -0.2) is 200 Å². The van der Waals surface area contributed by atoms with E-state index in [-0.39, 0.29) is 45.5 Å². The molecule has 1 aliphatic carbocycles. The molecule has 15 atom stereocenters. The maximum atomic E-state index is 13.1. The van der Waals surface area contributed by atoms with Gasteiger partial charge in [-0.1, -0.05) is 12.1 Å². The molecule has 0 amide bonds. The Morgan fingerprint density at radius 2 is 1.10 bits per heavy atom. The highest BCUT2D eigenvalue weighted by atomic mass is 16.8. The van der Waals surface area contributed by atoms with Gasteiger partial charge in [0.05, 0.1) is 18.2 Å². The number of hydrogen-bond acceptors (Lipinski definition) is 25. The van der Waals surface area contributed by atoms with Crippen LogP contribution in [0.2, 0.25) is 0 Å². The van der Waals surface area contributed by atoms with E-state index >= 15 is 0 Å². The van der Waals surface area contributed by atoms with Crippen LogP contribution in [0, 0.1) is 0 Å². The van der Waals surface area contributed by atoms with E-state index in [9.17, 15) is 85.9 Å². The molecule has 3 aromatic carbocycles. The molecule has 0 bridgehead atoms. The summed E-state index contributed by atoms with van der Waals surface area (Å²) in [4.78, 5) is 36.5. The molecular formula is C51H53O26+. The summed E-state index contributed by atoms with van der Waals surface area (Å²) in [5, 5.41) is 147. The first kappa shape index (κ1) is 55.8. The van der Waals surface area contributed by atoms with E-state index in [2.05, 4.69) is 0 Å². The van der Waals surface area contributed by atoms with Crippen LogP contribution in [0.15, 0.2) is 100 Å². The van der Waals surface area contributed by atoms with Gasteiger partial charge in [0.15, 0.2) is 52.3 Å². The van der Waals surface area contributed by atoms with Crippen molar-refractivity contribution in [2.45, 2.75) is 92.1 Å². The first-order valence-electron chi connectivity index (χ1n) is 23.4. The maximum absolute atomic E-state index is 13.1. The zero-order valence-electron chi connectivity index (χ0n) is 39.8. The third-order valence-corrected chi connectivity index (χ3v) is 12.5. The Morgan fingerprint density at radius 1 is 0.558 bits per heavy atom. The highest BCUT2D eigenvalue weighted by Crippen LogP contribution is 2.44. The summed E-state index contributed by atoms with van der Waals surface area (Å²) >= 11 is 0. The molecule has 5 aliphatic rings. The molecule has 8 rings (SSSR count). The number of aliphatic hydroxyl groups excluding tert-OH is 9. The van der Waals surface area contributed by atoms with Crippen LogP contribution in [0.1, 0.15) is 11.1 Å². The molecule has 3 saturated heterocycles. The van der Waals surface area contributed by atoms with Crippen LogP contribution in [0.5, 0.6) is 40.2 Å². The lowest BCUT2D eigenvalue weighted by Gasteiger charge is -2.45. The van der Waals surface area contributed by atoms with Gasteiger partial charge in [-0.15, -0.1) is 0 Å². The number of aliphatic hydroxyl groups is 9. The van der Waals surface area contributed by atoms with E-state index in [1.54, 1.807) is 0 Å². The van der Waals surface area contributed by atoms with Crippen molar-refractivity contribution in [2.24, 2.45) is 0 Å². The van der Waals surface area contributed by atoms with Crippen molar-refractivity contribution in [2.75, 3.05) is 19.8 Å². The third kappa shape index (κ3) is 12.7. The molecule has 0 unspecified atom stereocenters. The predicted octanol–water partition coefficient (Wildman–Crippen LogP) is -1.37. The lowest BCUT2D eigenvalue weighted by Crippen LogP contribution is -2.65. The number of ether oxygens (including phenoxy) is 8. The third-order valence-electron chi connectivity index (χ3n) is 12.5. The average molecular weight is 1080 g/mol. The van der Waals surface area contributed by atoms with E-state index in [1.807, 2.05) is 0 Å². The normalized spacial score (nSPS) is 29.6. The van der Waals surface area contributed by atoms with E-state index < -0.39 is 152 Å². The van der Waals surface area contributed by atoms with Gasteiger partial charge in [-0.3, -0.25) is 4.79 Å². The minimum absolute atomic E-state index is 0.116. The fourth-order valence-electron chi connectivity index (χ4n) is 8.23. The Balaban J connectivity index is 1.12. The van der Waals surface area contributed by atoms with Gasteiger partial charge in [-0.25, -0.2) is 4.79 Å². The monoisotopic (exact) mass is 1080 g/mol. The van der Waals surface area contributed by atoms with Gasteiger partial charge in [0.1, 0.15) is 91.0 Å². The van der Waals surface area contributed by atoms with Gasteiger partial charge in [-0.05, 0) is 77.9 Å². The van der Waals surface area contributed by atoms with Crippen LogP contribution in [-0.2, 0) is 33.2 Å². The zero-order valence-corrected chi connectivity index (χ0v) is 39.8. The van der Waals surface area contributed by atoms with Crippen molar-refractivity contribution in [3.05, 3.63) is 112 Å². The molecule has 26 heteroatoms. The Kier molecular flexibility index (Phi) is 17.3. The van der Waals surface area contributed by atoms with Crippen LogP contribution < -0.4 is 14.9 Å². The summed E-state index contributed by atoms with van der Waals surface area (Å²) in [6.07, 6.45) is -24.0. The second kappa shape index (κ2) is 23.9. The number of fused-ring (bicyclic) bond motifs is 1. The lowest BCUT2D eigenvalue weighted by molar-refractivity contribution is -0.357. The number of aromatic hydroxyl groups is 5. The molecule has 0 radical (unpaired) electrons. The molecule has 3 fully saturated rings. The van der Waals surface area contributed by atoms with Gasteiger partial charge in [0.25, 0.3) is 0 Å². The number of phenolic OH excluding ortho intramolecular Hbond substituents is 5. The van der Waals surface area contributed by atoms with E-state index in [1.165, 1.54) is 72.8 Å². The molecule has 0 spiro atoms. The Labute approximate surface area is 433 Å². The molecule has 77 heavy (non-hydrogen) atoms. The average Bonchev–Trinajstić information content (AvgIpc) is 3.46. The van der Waals surface area contributed by atoms with Crippen LogP contribution in [0.3, 0.4) is 0 Å².